The third-order valence-corrected chi connectivity index (χ3v) is 7.56. The maximum absolute atomic E-state index is 9.65. The van der Waals surface area contributed by atoms with Crippen molar-refractivity contribution in [2.45, 2.75) is 32.7 Å². The molecule has 0 bridgehead atoms. The van der Waals surface area contributed by atoms with Crippen LogP contribution in [0, 0.1) is 0 Å². The number of rotatable bonds is 9. The summed E-state index contributed by atoms with van der Waals surface area (Å²) in [5.74, 6) is 0. The van der Waals surface area contributed by atoms with E-state index in [-0.39, 0.29) is 31.4 Å². The molecular weight excluding hydrogens is 539 g/mol. The van der Waals surface area contributed by atoms with Crippen LogP contribution in [0.1, 0.15) is 23.1 Å². The molecule has 38 heavy (non-hydrogen) atoms. The predicted molar refractivity (Wildman–Crippen MR) is 163 cm³/mol. The number of hydrogen-bond donors (Lipinski definition) is 2. The van der Waals surface area contributed by atoms with Crippen molar-refractivity contribution >= 4 is 47.3 Å². The molecule has 0 aliphatic carbocycles. The predicted octanol–water partition coefficient (Wildman–Crippen LogP) is 5.96. The lowest BCUT2D eigenvalue weighted by Gasteiger charge is -2.35. The Hall–Kier alpha value is -2.09. The Morgan fingerprint density at radius 2 is 1.55 bits per heavy atom. The van der Waals surface area contributed by atoms with Gasteiger partial charge in [-0.1, -0.05) is 54.1 Å². The number of aromatic nitrogens is 1. The molecule has 3 aromatic carbocycles. The Kier molecular flexibility index (Phi) is 11.5. The minimum atomic E-state index is 0. The smallest absolute Gasteiger partial charge is 0.0682 e. The zero-order valence-electron chi connectivity index (χ0n) is 21.6. The number of aliphatic hydroxyl groups excluding tert-OH is 1. The number of fused-ring (bicyclic) bond motifs is 1. The van der Waals surface area contributed by atoms with Crippen molar-refractivity contribution in [1.29, 1.82) is 0 Å². The summed E-state index contributed by atoms with van der Waals surface area (Å²) in [7, 11) is 0. The fraction of sp³-hybridized carbons (Fsp3) is 0.333. The number of nitrogens with two attached hydrogens (primary N) is 1. The van der Waals surface area contributed by atoms with E-state index in [2.05, 4.69) is 63.0 Å². The van der Waals surface area contributed by atoms with Gasteiger partial charge < -0.3 is 15.4 Å². The van der Waals surface area contributed by atoms with E-state index in [1.807, 2.05) is 24.3 Å². The van der Waals surface area contributed by atoms with Gasteiger partial charge in [0.25, 0.3) is 0 Å². The number of benzene rings is 3. The van der Waals surface area contributed by atoms with Crippen LogP contribution in [0.5, 0.6) is 0 Å². The summed E-state index contributed by atoms with van der Waals surface area (Å²) in [6.07, 6.45) is 3.19. The lowest BCUT2D eigenvalue weighted by Crippen LogP contribution is -2.45. The van der Waals surface area contributed by atoms with Crippen LogP contribution >= 0.6 is 36.4 Å². The molecule has 5 nitrogen and oxygen atoms in total. The summed E-state index contributed by atoms with van der Waals surface area (Å²) in [5, 5.41) is 11.8. The number of nitrogens with zero attached hydrogens (tertiary/aromatic N) is 3. The molecule has 0 radical (unpaired) electrons. The molecule has 5 rings (SSSR count). The maximum Gasteiger partial charge on any atom is 0.0682 e. The first kappa shape index (κ1) is 30.5. The molecule has 1 fully saturated rings. The number of aryl methyl sites for hydroxylation is 1. The Bertz CT molecular complexity index is 1320. The van der Waals surface area contributed by atoms with Crippen molar-refractivity contribution in [3.63, 3.8) is 0 Å². The van der Waals surface area contributed by atoms with E-state index in [0.29, 0.717) is 6.54 Å². The fourth-order valence-electron chi connectivity index (χ4n) is 5.19. The zero-order chi connectivity index (χ0) is 24.9. The van der Waals surface area contributed by atoms with Crippen LogP contribution in [0.15, 0.2) is 72.9 Å². The topological polar surface area (TPSA) is 57.7 Å². The second kappa shape index (κ2) is 14.3. The SMILES string of the molecule is Cl.Cl.NCCCn1cc(-c2cccc(CO)c2)c2cc(CN3CCN(Cc4ccccc4Cl)CC3)ccc21. The number of piperazine rings is 1. The van der Waals surface area contributed by atoms with Crippen molar-refractivity contribution in [1.82, 2.24) is 14.4 Å². The zero-order valence-corrected chi connectivity index (χ0v) is 23.9. The molecule has 0 atom stereocenters. The Balaban J connectivity index is 0.00000200. The summed E-state index contributed by atoms with van der Waals surface area (Å²) in [4.78, 5) is 5.03. The second-order valence-corrected chi connectivity index (χ2v) is 10.1. The highest BCUT2D eigenvalue weighted by atomic mass is 35.5. The molecule has 4 aromatic rings. The van der Waals surface area contributed by atoms with Crippen molar-refractivity contribution < 1.29 is 5.11 Å². The molecule has 0 spiro atoms. The molecule has 3 N–H and O–H groups in total. The van der Waals surface area contributed by atoms with Gasteiger partial charge in [0.1, 0.15) is 0 Å². The lowest BCUT2D eigenvalue weighted by molar-refractivity contribution is 0.122. The highest BCUT2D eigenvalue weighted by Crippen LogP contribution is 2.32. The second-order valence-electron chi connectivity index (χ2n) is 9.73. The normalized spacial score (nSPS) is 14.3. The summed E-state index contributed by atoms with van der Waals surface area (Å²) in [6, 6.07) is 23.2. The molecule has 1 aliphatic heterocycles. The molecule has 2 heterocycles. The number of halogens is 3. The average Bonchev–Trinajstić information content (AvgIpc) is 3.27. The van der Waals surface area contributed by atoms with E-state index in [0.717, 1.165) is 68.4 Å². The van der Waals surface area contributed by atoms with Crippen LogP contribution in [0.4, 0.5) is 0 Å². The molecular formula is C30H37Cl3N4O. The fourth-order valence-corrected chi connectivity index (χ4v) is 5.38. The summed E-state index contributed by atoms with van der Waals surface area (Å²) >= 11 is 6.37. The molecule has 1 aliphatic rings. The van der Waals surface area contributed by atoms with Crippen LogP contribution in [0.3, 0.4) is 0 Å². The van der Waals surface area contributed by atoms with Gasteiger partial charge in [0.2, 0.25) is 0 Å². The maximum atomic E-state index is 9.65. The van der Waals surface area contributed by atoms with Gasteiger partial charge in [-0.15, -0.1) is 24.8 Å². The molecule has 204 valence electrons. The first-order valence-electron chi connectivity index (χ1n) is 12.8. The van der Waals surface area contributed by atoms with Gasteiger partial charge in [-0.25, -0.2) is 0 Å². The van der Waals surface area contributed by atoms with E-state index in [1.54, 1.807) is 0 Å². The van der Waals surface area contributed by atoms with E-state index >= 15 is 0 Å². The quantitative estimate of drug-likeness (QED) is 0.258. The molecule has 0 amide bonds. The first-order chi connectivity index (χ1) is 17.6. The highest BCUT2D eigenvalue weighted by molar-refractivity contribution is 6.31. The van der Waals surface area contributed by atoms with Crippen LogP contribution in [0.2, 0.25) is 5.02 Å². The number of aliphatic hydroxyl groups is 1. The standard InChI is InChI=1S/C30H35ClN4O.2ClH/c31-29-8-2-1-6-26(29)20-34-15-13-33(14-16-34)19-23-9-10-30-27(18-23)28(21-35(30)12-4-11-32)25-7-3-5-24(17-25)22-36;;/h1-3,5-10,17-18,21,36H,4,11-16,19-20,22,32H2;2*1H. The van der Waals surface area contributed by atoms with Crippen LogP contribution in [0.25, 0.3) is 22.0 Å². The Morgan fingerprint density at radius 1 is 0.816 bits per heavy atom. The summed E-state index contributed by atoms with van der Waals surface area (Å²) in [6.45, 7) is 7.66. The van der Waals surface area contributed by atoms with E-state index in [1.165, 1.54) is 27.6 Å². The monoisotopic (exact) mass is 574 g/mol. The minimum absolute atomic E-state index is 0. The Morgan fingerprint density at radius 3 is 2.26 bits per heavy atom. The third kappa shape index (κ3) is 7.10. The minimum Gasteiger partial charge on any atom is -0.392 e. The van der Waals surface area contributed by atoms with Gasteiger partial charge in [0, 0.05) is 73.5 Å². The highest BCUT2D eigenvalue weighted by Gasteiger charge is 2.19. The largest absolute Gasteiger partial charge is 0.392 e. The van der Waals surface area contributed by atoms with Gasteiger partial charge in [0.05, 0.1) is 6.61 Å². The van der Waals surface area contributed by atoms with Gasteiger partial charge in [-0.3, -0.25) is 9.80 Å². The molecule has 0 unspecified atom stereocenters. The van der Waals surface area contributed by atoms with Gasteiger partial charge >= 0.3 is 0 Å². The summed E-state index contributed by atoms with van der Waals surface area (Å²) in [5.41, 5.74) is 12.9. The average molecular weight is 576 g/mol. The third-order valence-electron chi connectivity index (χ3n) is 7.19. The van der Waals surface area contributed by atoms with Crippen molar-refractivity contribution in [2.24, 2.45) is 5.73 Å². The van der Waals surface area contributed by atoms with Crippen molar-refractivity contribution in [3.05, 3.63) is 94.6 Å². The van der Waals surface area contributed by atoms with E-state index in [4.69, 9.17) is 17.3 Å². The first-order valence-corrected chi connectivity index (χ1v) is 13.2. The van der Waals surface area contributed by atoms with Crippen LogP contribution < -0.4 is 5.73 Å². The van der Waals surface area contributed by atoms with Crippen LogP contribution in [-0.2, 0) is 26.2 Å². The molecule has 1 aromatic heterocycles. The van der Waals surface area contributed by atoms with Gasteiger partial charge in [-0.05, 0) is 59.5 Å². The van der Waals surface area contributed by atoms with Crippen LogP contribution in [-0.4, -0.2) is 52.2 Å². The summed E-state index contributed by atoms with van der Waals surface area (Å²) < 4.78 is 2.32. The van der Waals surface area contributed by atoms with E-state index < -0.39 is 0 Å². The van der Waals surface area contributed by atoms with Crippen molar-refractivity contribution in [2.75, 3.05) is 32.7 Å². The van der Waals surface area contributed by atoms with Gasteiger partial charge in [-0.2, -0.15) is 0 Å². The van der Waals surface area contributed by atoms with E-state index in [9.17, 15) is 5.11 Å². The van der Waals surface area contributed by atoms with Gasteiger partial charge in [0.15, 0.2) is 0 Å². The Labute approximate surface area is 243 Å². The lowest BCUT2D eigenvalue weighted by atomic mass is 10.0. The van der Waals surface area contributed by atoms with Crippen molar-refractivity contribution in [3.8, 4) is 11.1 Å². The molecule has 1 saturated heterocycles. The molecule has 8 heteroatoms. The molecule has 0 saturated carbocycles. The number of hydrogen-bond acceptors (Lipinski definition) is 4.